The summed E-state index contributed by atoms with van der Waals surface area (Å²) >= 11 is 1.25. The Labute approximate surface area is 208 Å². The molecule has 4 aromatic rings. The summed E-state index contributed by atoms with van der Waals surface area (Å²) in [5.41, 5.74) is 4.28. The minimum atomic E-state index is -0.189. The number of rotatable bonds is 8. The van der Waals surface area contributed by atoms with Gasteiger partial charge in [-0.1, -0.05) is 42.1 Å². The fourth-order valence-electron chi connectivity index (χ4n) is 3.97. The Morgan fingerprint density at radius 3 is 2.63 bits per heavy atom. The largest absolute Gasteiger partial charge is 0.496 e. The summed E-state index contributed by atoms with van der Waals surface area (Å²) in [6, 6.07) is 15.4. The van der Waals surface area contributed by atoms with Crippen LogP contribution >= 0.6 is 11.8 Å². The van der Waals surface area contributed by atoms with Crippen molar-refractivity contribution < 1.29 is 9.53 Å². The molecule has 0 fully saturated rings. The highest BCUT2D eigenvalue weighted by Crippen LogP contribution is 2.25. The molecular formula is C26H29N5O3S. The van der Waals surface area contributed by atoms with E-state index in [1.165, 1.54) is 11.8 Å². The molecule has 4 rings (SSSR count). The number of hydrogen-bond donors (Lipinski definition) is 0. The Bertz CT molecular complexity index is 1440. The Morgan fingerprint density at radius 1 is 1.14 bits per heavy atom. The number of fused-ring (bicyclic) bond motifs is 1. The molecule has 182 valence electrons. The van der Waals surface area contributed by atoms with Crippen molar-refractivity contribution in [3.05, 3.63) is 75.7 Å². The van der Waals surface area contributed by atoms with E-state index in [0.717, 1.165) is 16.8 Å². The molecule has 2 aromatic heterocycles. The number of thioether (sulfide) groups is 1. The second-order valence-electron chi connectivity index (χ2n) is 8.28. The topological polar surface area (TPSA) is 82.2 Å². The number of ether oxygens (including phenoxy) is 1. The van der Waals surface area contributed by atoms with Gasteiger partial charge in [0.05, 0.1) is 25.1 Å². The van der Waals surface area contributed by atoms with Crippen molar-refractivity contribution in [3.8, 4) is 5.75 Å². The van der Waals surface area contributed by atoms with Gasteiger partial charge in [-0.3, -0.25) is 18.8 Å². The molecule has 0 radical (unpaired) electrons. The summed E-state index contributed by atoms with van der Waals surface area (Å²) in [5, 5.41) is 4.97. The Hall–Kier alpha value is -3.59. The zero-order valence-corrected chi connectivity index (χ0v) is 21.4. The van der Waals surface area contributed by atoms with E-state index in [1.54, 1.807) is 28.3 Å². The van der Waals surface area contributed by atoms with Crippen LogP contribution in [0.25, 0.3) is 11.0 Å². The van der Waals surface area contributed by atoms with Gasteiger partial charge in [-0.15, -0.1) is 0 Å². The van der Waals surface area contributed by atoms with E-state index in [-0.39, 0.29) is 23.8 Å². The van der Waals surface area contributed by atoms with Crippen LogP contribution in [-0.4, -0.2) is 45.1 Å². The van der Waals surface area contributed by atoms with Crippen LogP contribution in [0.1, 0.15) is 23.7 Å². The van der Waals surface area contributed by atoms with E-state index < -0.39 is 0 Å². The van der Waals surface area contributed by atoms with Crippen LogP contribution in [-0.2, 0) is 17.9 Å². The van der Waals surface area contributed by atoms with Crippen molar-refractivity contribution in [2.75, 3.05) is 24.8 Å². The highest BCUT2D eigenvalue weighted by Gasteiger charge is 2.21. The van der Waals surface area contributed by atoms with Crippen LogP contribution < -0.4 is 15.2 Å². The number of anilines is 1. The fraction of sp³-hybridized carbons (Fsp3) is 0.308. The molecule has 0 spiro atoms. The number of benzene rings is 2. The summed E-state index contributed by atoms with van der Waals surface area (Å²) in [7, 11) is 3.36. The molecule has 2 aromatic carbocycles. The van der Waals surface area contributed by atoms with Crippen molar-refractivity contribution in [1.29, 1.82) is 0 Å². The first-order valence-electron chi connectivity index (χ1n) is 11.4. The van der Waals surface area contributed by atoms with E-state index in [9.17, 15) is 9.59 Å². The number of carbonyl (C=O) groups excluding carboxylic acids is 1. The van der Waals surface area contributed by atoms with Gasteiger partial charge < -0.3 is 9.64 Å². The molecule has 0 atom stereocenters. The summed E-state index contributed by atoms with van der Waals surface area (Å²) in [4.78, 5) is 33.1. The monoisotopic (exact) mass is 491 g/mol. The van der Waals surface area contributed by atoms with E-state index in [4.69, 9.17) is 9.72 Å². The Morgan fingerprint density at radius 2 is 1.91 bits per heavy atom. The van der Waals surface area contributed by atoms with E-state index in [0.29, 0.717) is 34.2 Å². The lowest BCUT2D eigenvalue weighted by atomic mass is 10.2. The molecule has 9 heteroatoms. The lowest BCUT2D eigenvalue weighted by molar-refractivity contribution is -0.115. The Kier molecular flexibility index (Phi) is 7.25. The van der Waals surface area contributed by atoms with Gasteiger partial charge in [0.25, 0.3) is 5.56 Å². The number of para-hydroxylation sites is 1. The lowest BCUT2D eigenvalue weighted by Crippen LogP contribution is -2.29. The minimum absolute atomic E-state index is 0.0836. The molecule has 0 saturated carbocycles. The third kappa shape index (κ3) is 4.95. The predicted molar refractivity (Wildman–Crippen MR) is 140 cm³/mol. The van der Waals surface area contributed by atoms with Gasteiger partial charge in [-0.2, -0.15) is 5.10 Å². The van der Waals surface area contributed by atoms with Gasteiger partial charge in [0.15, 0.2) is 10.7 Å². The zero-order chi connectivity index (χ0) is 25.1. The molecule has 8 nitrogen and oxygen atoms in total. The molecule has 0 aliphatic carbocycles. The molecule has 0 aliphatic heterocycles. The summed E-state index contributed by atoms with van der Waals surface area (Å²) < 4.78 is 8.79. The standard InChI is InChI=1S/C26H29N5O3S/c1-6-31-24-23(18(3)28-31)27-26(30(25(24)33)15-19-11-7-8-13-21(19)34-5)35-16-22(32)29(4)20-12-9-10-17(2)14-20/h7-14H,6,15-16H2,1-5H3. The van der Waals surface area contributed by atoms with Crippen molar-refractivity contribution in [3.63, 3.8) is 0 Å². The number of hydrogen-bond acceptors (Lipinski definition) is 6. The first-order chi connectivity index (χ1) is 16.8. The number of aryl methyl sites for hydroxylation is 3. The average Bonchev–Trinajstić information content (AvgIpc) is 3.19. The van der Waals surface area contributed by atoms with Crippen molar-refractivity contribution in [1.82, 2.24) is 19.3 Å². The van der Waals surface area contributed by atoms with Crippen molar-refractivity contribution in [2.45, 2.75) is 39.0 Å². The second kappa shape index (κ2) is 10.4. The highest BCUT2D eigenvalue weighted by atomic mass is 32.2. The molecular weight excluding hydrogens is 462 g/mol. The van der Waals surface area contributed by atoms with E-state index in [2.05, 4.69) is 5.10 Å². The molecule has 0 unspecified atom stereocenters. The van der Waals surface area contributed by atoms with E-state index >= 15 is 0 Å². The number of carbonyl (C=O) groups is 1. The fourth-order valence-corrected chi connectivity index (χ4v) is 4.88. The first kappa shape index (κ1) is 24.5. The maximum atomic E-state index is 13.7. The number of aromatic nitrogens is 4. The number of amides is 1. The van der Waals surface area contributed by atoms with Crippen LogP contribution in [0, 0.1) is 13.8 Å². The minimum Gasteiger partial charge on any atom is -0.496 e. The summed E-state index contributed by atoms with van der Waals surface area (Å²) in [6.07, 6.45) is 0. The van der Waals surface area contributed by atoms with Gasteiger partial charge >= 0.3 is 0 Å². The average molecular weight is 492 g/mol. The van der Waals surface area contributed by atoms with Crippen LogP contribution in [0.2, 0.25) is 0 Å². The van der Waals surface area contributed by atoms with Crippen molar-refractivity contribution in [2.24, 2.45) is 0 Å². The summed E-state index contributed by atoms with van der Waals surface area (Å²) in [5.74, 6) is 0.737. The van der Waals surface area contributed by atoms with Crippen LogP contribution in [0.5, 0.6) is 5.75 Å². The Balaban J connectivity index is 1.72. The maximum Gasteiger partial charge on any atom is 0.280 e. The molecule has 1 amide bonds. The van der Waals surface area contributed by atoms with Gasteiger partial charge in [0.1, 0.15) is 11.3 Å². The molecule has 2 heterocycles. The third-order valence-corrected chi connectivity index (χ3v) is 6.85. The normalized spacial score (nSPS) is 11.1. The third-order valence-electron chi connectivity index (χ3n) is 5.89. The van der Waals surface area contributed by atoms with Crippen LogP contribution in [0.15, 0.2) is 58.5 Å². The van der Waals surface area contributed by atoms with Gasteiger partial charge in [-0.05, 0) is 44.5 Å². The van der Waals surface area contributed by atoms with Gasteiger partial charge in [-0.25, -0.2) is 4.98 Å². The van der Waals surface area contributed by atoms with Crippen LogP contribution in [0.3, 0.4) is 0 Å². The highest BCUT2D eigenvalue weighted by molar-refractivity contribution is 7.99. The predicted octanol–water partition coefficient (Wildman–Crippen LogP) is 4.04. The smallest absolute Gasteiger partial charge is 0.280 e. The summed E-state index contributed by atoms with van der Waals surface area (Å²) in [6.45, 7) is 6.60. The maximum absolute atomic E-state index is 13.7. The molecule has 0 N–H and O–H groups in total. The second-order valence-corrected chi connectivity index (χ2v) is 9.22. The molecule has 0 bridgehead atoms. The SMILES string of the molecule is CCn1nc(C)c2nc(SCC(=O)N(C)c3cccc(C)c3)n(Cc3ccccc3OC)c(=O)c21. The first-order valence-corrected chi connectivity index (χ1v) is 12.4. The quantitative estimate of drug-likeness (QED) is 0.273. The molecule has 0 aliphatic rings. The van der Waals surface area contributed by atoms with Gasteiger partial charge in [0, 0.05) is 24.8 Å². The lowest BCUT2D eigenvalue weighted by Gasteiger charge is -2.18. The number of nitrogens with zero attached hydrogens (tertiary/aromatic N) is 5. The van der Waals surface area contributed by atoms with Crippen LogP contribution in [0.4, 0.5) is 5.69 Å². The zero-order valence-electron chi connectivity index (χ0n) is 20.6. The van der Waals surface area contributed by atoms with Gasteiger partial charge in [0.2, 0.25) is 5.91 Å². The van der Waals surface area contributed by atoms with Crippen molar-refractivity contribution >= 4 is 34.4 Å². The number of methoxy groups -OCH3 is 1. The molecule has 0 saturated heterocycles. The van der Waals surface area contributed by atoms with E-state index in [1.807, 2.05) is 69.3 Å². The molecule has 35 heavy (non-hydrogen) atoms.